The molecular weight excluding hydrogens is 344 g/mol. The van der Waals surface area contributed by atoms with Crippen LogP contribution in [-0.2, 0) is 0 Å². The fourth-order valence-corrected chi connectivity index (χ4v) is 2.79. The van der Waals surface area contributed by atoms with Crippen LogP contribution < -0.4 is 15.4 Å². The summed E-state index contributed by atoms with van der Waals surface area (Å²) in [4.78, 5) is 13.3. The Morgan fingerprint density at radius 3 is 2.78 bits per heavy atom. The van der Waals surface area contributed by atoms with Crippen molar-refractivity contribution in [1.29, 1.82) is 0 Å². The zero-order chi connectivity index (χ0) is 18.8. The second kappa shape index (κ2) is 6.91. The standard InChI is InChI=1S/C19H18N6O2/c1-11-6-18(20-2)25-19(23-11)24-13-4-5-16(26-3)14(8-13)15-7-12-9-22-27-17(12)10-21-15/h4-10H,1-3H3,(H2,20,23,24,25). The lowest BCUT2D eigenvalue weighted by molar-refractivity contribution is 0.416. The molecule has 8 heteroatoms. The average Bonchev–Trinajstić information content (AvgIpc) is 3.15. The van der Waals surface area contributed by atoms with Crippen LogP contribution in [0.3, 0.4) is 0 Å². The number of hydrogen-bond donors (Lipinski definition) is 2. The maximum absolute atomic E-state index is 5.51. The third-order valence-corrected chi connectivity index (χ3v) is 4.08. The first kappa shape index (κ1) is 16.8. The van der Waals surface area contributed by atoms with Gasteiger partial charge in [-0.1, -0.05) is 5.16 Å². The molecule has 0 saturated carbocycles. The molecular formula is C19H18N6O2. The molecule has 0 radical (unpaired) electrons. The van der Waals surface area contributed by atoms with Crippen molar-refractivity contribution in [3.63, 3.8) is 0 Å². The van der Waals surface area contributed by atoms with Crippen LogP contribution in [0.5, 0.6) is 5.75 Å². The Kier molecular flexibility index (Phi) is 4.29. The average molecular weight is 362 g/mol. The van der Waals surface area contributed by atoms with Gasteiger partial charge in [0.05, 0.1) is 25.2 Å². The lowest BCUT2D eigenvalue weighted by atomic mass is 10.1. The van der Waals surface area contributed by atoms with E-state index in [9.17, 15) is 0 Å². The van der Waals surface area contributed by atoms with Gasteiger partial charge in [0.25, 0.3) is 0 Å². The van der Waals surface area contributed by atoms with Gasteiger partial charge in [0, 0.05) is 35.4 Å². The highest BCUT2D eigenvalue weighted by Crippen LogP contribution is 2.33. The summed E-state index contributed by atoms with van der Waals surface area (Å²) in [6.07, 6.45) is 3.31. The molecule has 2 N–H and O–H groups in total. The van der Waals surface area contributed by atoms with Crippen LogP contribution >= 0.6 is 0 Å². The molecule has 8 nitrogen and oxygen atoms in total. The Hall–Kier alpha value is -3.68. The third-order valence-electron chi connectivity index (χ3n) is 4.08. The molecule has 3 aromatic heterocycles. The van der Waals surface area contributed by atoms with E-state index in [2.05, 4.69) is 30.7 Å². The van der Waals surface area contributed by atoms with Gasteiger partial charge in [-0.25, -0.2) is 4.98 Å². The molecule has 136 valence electrons. The molecule has 0 saturated heterocycles. The predicted molar refractivity (Wildman–Crippen MR) is 103 cm³/mol. The summed E-state index contributed by atoms with van der Waals surface area (Å²) in [5.74, 6) is 1.97. The molecule has 27 heavy (non-hydrogen) atoms. The van der Waals surface area contributed by atoms with Crippen LogP contribution in [0.4, 0.5) is 17.5 Å². The highest BCUT2D eigenvalue weighted by Gasteiger charge is 2.12. The van der Waals surface area contributed by atoms with Crippen LogP contribution in [-0.4, -0.2) is 34.3 Å². The summed E-state index contributed by atoms with van der Waals surface area (Å²) in [7, 11) is 3.45. The van der Waals surface area contributed by atoms with Crippen molar-refractivity contribution < 1.29 is 9.26 Å². The van der Waals surface area contributed by atoms with Crippen molar-refractivity contribution in [2.75, 3.05) is 24.8 Å². The number of nitrogens with zero attached hydrogens (tertiary/aromatic N) is 4. The van der Waals surface area contributed by atoms with Crippen LogP contribution in [0, 0.1) is 6.92 Å². The van der Waals surface area contributed by atoms with E-state index in [4.69, 9.17) is 9.26 Å². The first-order valence-electron chi connectivity index (χ1n) is 8.35. The number of methoxy groups -OCH3 is 1. The SMILES string of the molecule is CNc1cc(C)nc(Nc2ccc(OC)c(-c3cc4cnoc4cn3)c2)n1. The molecule has 0 aliphatic rings. The van der Waals surface area contributed by atoms with Crippen molar-refractivity contribution in [1.82, 2.24) is 20.1 Å². The van der Waals surface area contributed by atoms with E-state index in [1.807, 2.05) is 44.3 Å². The lowest BCUT2D eigenvalue weighted by Crippen LogP contribution is -2.02. The van der Waals surface area contributed by atoms with Crippen molar-refractivity contribution >= 4 is 28.4 Å². The molecule has 0 aliphatic carbocycles. The Bertz CT molecular complexity index is 1110. The number of pyridine rings is 1. The van der Waals surface area contributed by atoms with Crippen LogP contribution in [0.1, 0.15) is 5.69 Å². The number of rotatable bonds is 5. The summed E-state index contributed by atoms with van der Waals surface area (Å²) in [5, 5.41) is 10.9. The Labute approximate surface area is 155 Å². The number of aromatic nitrogens is 4. The molecule has 0 aliphatic heterocycles. The van der Waals surface area contributed by atoms with Gasteiger partial charge >= 0.3 is 0 Å². The van der Waals surface area contributed by atoms with Gasteiger partial charge in [0.2, 0.25) is 5.95 Å². The van der Waals surface area contributed by atoms with Crippen LogP contribution in [0.25, 0.3) is 22.2 Å². The van der Waals surface area contributed by atoms with Crippen LogP contribution in [0.15, 0.2) is 47.2 Å². The number of aryl methyl sites for hydroxylation is 1. The molecule has 4 aromatic rings. The fourth-order valence-electron chi connectivity index (χ4n) is 2.79. The molecule has 0 atom stereocenters. The molecule has 1 aromatic carbocycles. The largest absolute Gasteiger partial charge is 0.496 e. The minimum atomic E-state index is 0.512. The maximum Gasteiger partial charge on any atom is 0.229 e. The monoisotopic (exact) mass is 362 g/mol. The van der Waals surface area contributed by atoms with E-state index in [0.29, 0.717) is 17.3 Å². The summed E-state index contributed by atoms with van der Waals surface area (Å²) >= 11 is 0. The zero-order valence-electron chi connectivity index (χ0n) is 15.1. The van der Waals surface area contributed by atoms with Gasteiger partial charge in [0.15, 0.2) is 5.58 Å². The van der Waals surface area contributed by atoms with E-state index in [0.717, 1.165) is 33.8 Å². The number of hydrogen-bond acceptors (Lipinski definition) is 8. The van der Waals surface area contributed by atoms with Gasteiger partial charge in [0.1, 0.15) is 11.6 Å². The van der Waals surface area contributed by atoms with E-state index in [-0.39, 0.29) is 0 Å². The van der Waals surface area contributed by atoms with Gasteiger partial charge < -0.3 is 19.9 Å². The minimum Gasteiger partial charge on any atom is -0.496 e. The second-order valence-corrected chi connectivity index (χ2v) is 5.94. The fraction of sp³-hybridized carbons (Fsp3) is 0.158. The van der Waals surface area contributed by atoms with Crippen molar-refractivity contribution in [2.45, 2.75) is 6.92 Å². The van der Waals surface area contributed by atoms with E-state index in [1.165, 1.54) is 0 Å². The van der Waals surface area contributed by atoms with Gasteiger partial charge in [-0.3, -0.25) is 4.98 Å². The van der Waals surface area contributed by atoms with Gasteiger partial charge in [-0.05, 0) is 31.2 Å². The number of anilines is 3. The summed E-state index contributed by atoms with van der Waals surface area (Å²) in [6.45, 7) is 1.92. The van der Waals surface area contributed by atoms with Crippen molar-refractivity contribution in [3.8, 4) is 17.0 Å². The first-order valence-corrected chi connectivity index (χ1v) is 8.35. The van der Waals surface area contributed by atoms with Gasteiger partial charge in [-0.2, -0.15) is 4.98 Å². The highest BCUT2D eigenvalue weighted by molar-refractivity contribution is 5.82. The smallest absolute Gasteiger partial charge is 0.229 e. The van der Waals surface area contributed by atoms with Crippen molar-refractivity contribution in [2.24, 2.45) is 0 Å². The van der Waals surface area contributed by atoms with E-state index < -0.39 is 0 Å². The molecule has 4 rings (SSSR count). The predicted octanol–water partition coefficient (Wildman–Crippen LogP) is 3.78. The normalized spacial score (nSPS) is 10.8. The number of fused-ring (bicyclic) bond motifs is 1. The molecule has 0 amide bonds. The Balaban J connectivity index is 1.73. The highest BCUT2D eigenvalue weighted by atomic mass is 16.5. The summed E-state index contributed by atoms with van der Waals surface area (Å²) in [5.41, 5.74) is 3.93. The molecule has 0 spiro atoms. The van der Waals surface area contributed by atoms with E-state index in [1.54, 1.807) is 19.5 Å². The molecule has 0 fully saturated rings. The van der Waals surface area contributed by atoms with Gasteiger partial charge in [-0.15, -0.1) is 0 Å². The number of nitrogens with one attached hydrogen (secondary N) is 2. The summed E-state index contributed by atoms with van der Waals surface area (Å²) in [6, 6.07) is 9.53. The third kappa shape index (κ3) is 3.37. The topological polar surface area (TPSA) is 98.0 Å². The number of ether oxygens (including phenoxy) is 1. The lowest BCUT2D eigenvalue weighted by Gasteiger charge is -2.12. The van der Waals surface area contributed by atoms with E-state index >= 15 is 0 Å². The van der Waals surface area contributed by atoms with Crippen molar-refractivity contribution in [3.05, 3.63) is 48.4 Å². The maximum atomic E-state index is 5.51. The first-order chi connectivity index (χ1) is 13.2. The molecule has 0 unspecified atom stereocenters. The molecule has 3 heterocycles. The number of benzene rings is 1. The Morgan fingerprint density at radius 2 is 1.96 bits per heavy atom. The zero-order valence-corrected chi connectivity index (χ0v) is 15.1. The van der Waals surface area contributed by atoms with Crippen LogP contribution in [0.2, 0.25) is 0 Å². The second-order valence-electron chi connectivity index (χ2n) is 5.94. The molecule has 0 bridgehead atoms. The summed E-state index contributed by atoms with van der Waals surface area (Å²) < 4.78 is 10.6. The quantitative estimate of drug-likeness (QED) is 0.553. The minimum absolute atomic E-state index is 0.512. The Morgan fingerprint density at radius 1 is 1.07 bits per heavy atom.